The monoisotopic (exact) mass is 575 g/mol. The standard InChI is InChI=1S/C29H30FN7O5/c30-22-9-20-21(29(42)37(28(20)41)23-1-2-26(39)33-27(23)40)10-24(22)35-5-3-34(4-6-35)19-7-16-13-36(14-17(16)8-19)25-12-31-18(15-38)11-32-25/h9-12,15-17,19,23H,1-8,13-14H2,(H,33,39,40). The first-order chi connectivity index (χ1) is 20.3. The van der Waals surface area contributed by atoms with E-state index in [2.05, 4.69) is 25.1 Å². The lowest BCUT2D eigenvalue weighted by Gasteiger charge is -2.39. The van der Waals surface area contributed by atoms with Gasteiger partial charge in [-0.1, -0.05) is 0 Å². The number of piperazine rings is 1. The van der Waals surface area contributed by atoms with Crippen LogP contribution in [0.1, 0.15) is 56.9 Å². The zero-order valence-electron chi connectivity index (χ0n) is 22.9. The molecule has 218 valence electrons. The van der Waals surface area contributed by atoms with E-state index < -0.39 is 35.5 Å². The van der Waals surface area contributed by atoms with E-state index in [4.69, 9.17) is 0 Å². The Kier molecular flexibility index (Phi) is 6.48. The average molecular weight is 576 g/mol. The van der Waals surface area contributed by atoms with Crippen LogP contribution < -0.4 is 15.1 Å². The number of rotatable bonds is 5. The number of nitrogens with zero attached hydrogens (tertiary/aromatic N) is 6. The minimum Gasteiger partial charge on any atom is -0.367 e. The maximum absolute atomic E-state index is 15.3. The van der Waals surface area contributed by atoms with E-state index in [1.54, 1.807) is 6.20 Å². The van der Waals surface area contributed by atoms with Crippen LogP contribution in [0.3, 0.4) is 0 Å². The van der Waals surface area contributed by atoms with Crippen molar-refractivity contribution < 1.29 is 28.4 Å². The summed E-state index contributed by atoms with van der Waals surface area (Å²) in [5, 5.41) is 2.17. The van der Waals surface area contributed by atoms with Crippen molar-refractivity contribution in [2.45, 2.75) is 37.8 Å². The molecule has 7 rings (SSSR count). The lowest BCUT2D eigenvalue weighted by molar-refractivity contribution is -0.136. The summed E-state index contributed by atoms with van der Waals surface area (Å²) in [6.07, 6.45) is 6.11. The van der Waals surface area contributed by atoms with Crippen molar-refractivity contribution in [3.8, 4) is 0 Å². The zero-order chi connectivity index (χ0) is 29.1. The molecular formula is C29H30FN7O5. The number of hydrogen-bond acceptors (Lipinski definition) is 10. The number of carbonyl (C=O) groups is 5. The van der Waals surface area contributed by atoms with Crippen molar-refractivity contribution in [1.82, 2.24) is 25.1 Å². The van der Waals surface area contributed by atoms with Gasteiger partial charge < -0.3 is 9.80 Å². The topological polar surface area (TPSA) is 136 Å². The molecule has 13 heteroatoms. The fraction of sp³-hybridized carbons (Fsp3) is 0.483. The number of hydrogen-bond donors (Lipinski definition) is 1. The van der Waals surface area contributed by atoms with Crippen LogP contribution in [0, 0.1) is 17.7 Å². The summed E-state index contributed by atoms with van der Waals surface area (Å²) in [7, 11) is 0. The minimum atomic E-state index is -1.08. The molecule has 1 aromatic heterocycles. The van der Waals surface area contributed by atoms with E-state index in [9.17, 15) is 24.0 Å². The largest absolute Gasteiger partial charge is 0.367 e. The fourth-order valence-corrected chi connectivity index (χ4v) is 7.36. The highest BCUT2D eigenvalue weighted by Gasteiger charge is 2.46. The van der Waals surface area contributed by atoms with E-state index in [1.165, 1.54) is 12.3 Å². The molecule has 4 fully saturated rings. The van der Waals surface area contributed by atoms with Gasteiger partial charge in [0.25, 0.3) is 11.8 Å². The first-order valence-corrected chi connectivity index (χ1v) is 14.4. The van der Waals surface area contributed by atoms with Crippen LogP contribution in [-0.2, 0) is 9.59 Å². The van der Waals surface area contributed by atoms with E-state index in [0.717, 1.165) is 55.8 Å². The number of aromatic nitrogens is 2. The van der Waals surface area contributed by atoms with Crippen LogP contribution in [-0.4, -0.2) is 101 Å². The maximum atomic E-state index is 15.3. The SMILES string of the molecule is O=Cc1cnc(N2CC3CC(N4CCN(c5cc6c(cc5F)C(=O)N(C5CCC(=O)NC5=O)C6=O)CC4)CC3C2)cn1. The van der Waals surface area contributed by atoms with Crippen LogP contribution in [0.4, 0.5) is 15.9 Å². The number of halogens is 1. The van der Waals surface area contributed by atoms with Gasteiger partial charge in [-0.3, -0.25) is 39.1 Å². The molecule has 5 aliphatic rings. The minimum absolute atomic E-state index is 0.0272. The van der Waals surface area contributed by atoms with E-state index >= 15 is 4.39 Å². The second-order valence-corrected chi connectivity index (χ2v) is 11.8. The van der Waals surface area contributed by atoms with Crippen LogP contribution in [0.25, 0.3) is 0 Å². The summed E-state index contributed by atoms with van der Waals surface area (Å²) in [6, 6.07) is 1.91. The van der Waals surface area contributed by atoms with Gasteiger partial charge in [-0.25, -0.2) is 14.4 Å². The molecule has 1 N–H and O–H groups in total. The van der Waals surface area contributed by atoms with Crippen molar-refractivity contribution >= 4 is 41.4 Å². The van der Waals surface area contributed by atoms with E-state index in [1.807, 2.05) is 4.90 Å². The Balaban J connectivity index is 0.977. The number of carbonyl (C=O) groups excluding carboxylic acids is 5. The molecule has 0 spiro atoms. The number of anilines is 2. The summed E-state index contributed by atoms with van der Waals surface area (Å²) in [5.74, 6) is -1.14. The number of fused-ring (bicyclic) bond motifs is 2. The molecule has 42 heavy (non-hydrogen) atoms. The molecule has 2 aromatic rings. The molecular weight excluding hydrogens is 545 g/mol. The predicted molar refractivity (Wildman–Crippen MR) is 146 cm³/mol. The van der Waals surface area contributed by atoms with Crippen LogP contribution >= 0.6 is 0 Å². The van der Waals surface area contributed by atoms with Gasteiger partial charge in [0, 0.05) is 51.7 Å². The second-order valence-electron chi connectivity index (χ2n) is 11.8. The van der Waals surface area contributed by atoms with Crippen molar-refractivity contribution in [2.24, 2.45) is 11.8 Å². The molecule has 1 aromatic carbocycles. The maximum Gasteiger partial charge on any atom is 0.262 e. The first kappa shape index (κ1) is 26.6. The zero-order valence-corrected chi connectivity index (χ0v) is 22.9. The smallest absolute Gasteiger partial charge is 0.262 e. The van der Waals surface area contributed by atoms with Crippen LogP contribution in [0.5, 0.6) is 0 Å². The average Bonchev–Trinajstić information content (AvgIpc) is 3.64. The van der Waals surface area contributed by atoms with Gasteiger partial charge in [0.2, 0.25) is 11.8 Å². The molecule has 3 atom stereocenters. The molecule has 4 aliphatic heterocycles. The van der Waals surface area contributed by atoms with E-state index in [0.29, 0.717) is 42.9 Å². The van der Waals surface area contributed by atoms with Crippen LogP contribution in [0.2, 0.25) is 0 Å². The Morgan fingerprint density at radius 1 is 0.881 bits per heavy atom. The number of amides is 4. The normalized spacial score (nSPS) is 27.9. The van der Waals surface area contributed by atoms with Crippen molar-refractivity contribution in [2.75, 3.05) is 49.1 Å². The third-order valence-electron chi connectivity index (χ3n) is 9.51. The van der Waals surface area contributed by atoms with Gasteiger partial charge in [0.05, 0.1) is 29.2 Å². The Morgan fingerprint density at radius 3 is 2.19 bits per heavy atom. The molecule has 5 heterocycles. The van der Waals surface area contributed by atoms with Gasteiger partial charge in [-0.15, -0.1) is 0 Å². The number of benzene rings is 1. The molecule has 0 bridgehead atoms. The molecule has 3 saturated heterocycles. The lowest BCUT2D eigenvalue weighted by atomic mass is 10.0. The summed E-state index contributed by atoms with van der Waals surface area (Å²) in [6.45, 7) is 4.53. The molecule has 4 amide bonds. The molecule has 0 radical (unpaired) electrons. The molecule has 12 nitrogen and oxygen atoms in total. The number of nitrogens with one attached hydrogen (secondary N) is 1. The first-order valence-electron chi connectivity index (χ1n) is 14.4. The van der Waals surface area contributed by atoms with Gasteiger partial charge in [-0.2, -0.15) is 0 Å². The third kappa shape index (κ3) is 4.42. The van der Waals surface area contributed by atoms with Crippen LogP contribution in [0.15, 0.2) is 24.5 Å². The Hall–Kier alpha value is -4.26. The number of aldehydes is 1. The highest BCUT2D eigenvalue weighted by Crippen LogP contribution is 2.42. The van der Waals surface area contributed by atoms with Crippen molar-refractivity contribution in [1.29, 1.82) is 0 Å². The second kappa shape index (κ2) is 10.2. The summed E-state index contributed by atoms with van der Waals surface area (Å²) >= 11 is 0. The van der Waals surface area contributed by atoms with Gasteiger partial charge in [0.1, 0.15) is 23.4 Å². The molecule has 1 aliphatic carbocycles. The number of piperidine rings is 1. The quantitative estimate of drug-likeness (QED) is 0.404. The molecule has 1 saturated carbocycles. The number of imide groups is 2. The van der Waals surface area contributed by atoms with Crippen molar-refractivity contribution in [3.05, 3.63) is 47.2 Å². The van der Waals surface area contributed by atoms with Gasteiger partial charge in [0.15, 0.2) is 6.29 Å². The Bertz CT molecular complexity index is 1480. The van der Waals surface area contributed by atoms with E-state index in [-0.39, 0.29) is 29.7 Å². The fourth-order valence-electron chi connectivity index (χ4n) is 7.36. The molecule has 3 unspecified atom stereocenters. The third-order valence-corrected chi connectivity index (χ3v) is 9.51. The highest BCUT2D eigenvalue weighted by molar-refractivity contribution is 6.23. The van der Waals surface area contributed by atoms with Gasteiger partial charge >= 0.3 is 0 Å². The summed E-state index contributed by atoms with van der Waals surface area (Å²) < 4.78 is 15.3. The Labute approximate surface area is 240 Å². The predicted octanol–water partition coefficient (Wildman–Crippen LogP) is 0.866. The highest BCUT2D eigenvalue weighted by atomic mass is 19.1. The van der Waals surface area contributed by atoms with Gasteiger partial charge in [-0.05, 0) is 43.2 Å². The lowest BCUT2D eigenvalue weighted by Crippen LogP contribution is -2.54. The van der Waals surface area contributed by atoms with Crippen molar-refractivity contribution in [3.63, 3.8) is 0 Å². The Morgan fingerprint density at radius 2 is 1.57 bits per heavy atom. The summed E-state index contributed by atoms with van der Waals surface area (Å²) in [5.41, 5.74) is 0.635. The summed E-state index contributed by atoms with van der Waals surface area (Å²) in [4.78, 5) is 77.0.